The monoisotopic (exact) mass is 505 g/mol. The normalized spacial score (nSPS) is 13.5. The summed E-state index contributed by atoms with van der Waals surface area (Å²) in [6.45, 7) is 4.13. The molecule has 1 heterocycles. The molecule has 0 aliphatic carbocycles. The number of fused-ring (bicyclic) bond motifs is 1. The first-order valence-electron chi connectivity index (χ1n) is 11.2. The molecule has 2 aromatic rings. The van der Waals surface area contributed by atoms with E-state index >= 15 is 0 Å². The minimum absolute atomic E-state index is 0.0904. The molecule has 0 fully saturated rings. The van der Waals surface area contributed by atoms with Gasteiger partial charge in [-0.1, -0.05) is 12.1 Å². The zero-order valence-corrected chi connectivity index (χ0v) is 21.1. The lowest BCUT2D eigenvalue weighted by Crippen LogP contribution is -2.51. The third-order valence-corrected chi connectivity index (χ3v) is 6.64. The molecule has 190 valence electrons. The number of hydrogen-bond donors (Lipinski definition) is 1. The van der Waals surface area contributed by atoms with E-state index < -0.39 is 28.5 Å². The van der Waals surface area contributed by atoms with Gasteiger partial charge in [-0.3, -0.25) is 13.9 Å². The molecule has 0 aromatic heterocycles. The van der Waals surface area contributed by atoms with Gasteiger partial charge in [-0.15, -0.1) is 0 Å². The van der Waals surface area contributed by atoms with Crippen LogP contribution in [0.25, 0.3) is 0 Å². The predicted molar refractivity (Wildman–Crippen MR) is 131 cm³/mol. The van der Waals surface area contributed by atoms with Gasteiger partial charge in [0.1, 0.15) is 31.5 Å². The second kappa shape index (κ2) is 11.3. The van der Waals surface area contributed by atoms with Crippen LogP contribution in [0.2, 0.25) is 0 Å². The Morgan fingerprint density at radius 2 is 1.83 bits per heavy atom. The fourth-order valence-electron chi connectivity index (χ4n) is 3.67. The molecule has 2 amide bonds. The highest BCUT2D eigenvalue weighted by Gasteiger charge is 2.30. The average molecular weight is 506 g/mol. The summed E-state index contributed by atoms with van der Waals surface area (Å²) in [6, 6.07) is 11.0. The zero-order valence-electron chi connectivity index (χ0n) is 20.3. The first kappa shape index (κ1) is 26.1. The highest BCUT2D eigenvalue weighted by molar-refractivity contribution is 7.92. The van der Waals surface area contributed by atoms with Crippen molar-refractivity contribution in [2.24, 2.45) is 0 Å². The van der Waals surface area contributed by atoms with E-state index in [0.717, 1.165) is 16.1 Å². The van der Waals surface area contributed by atoms with Crippen molar-refractivity contribution in [1.29, 1.82) is 0 Å². The lowest BCUT2D eigenvalue weighted by Gasteiger charge is -2.31. The Hall–Kier alpha value is -3.47. The van der Waals surface area contributed by atoms with Crippen LogP contribution in [0.5, 0.6) is 17.2 Å². The number of sulfonamides is 1. The number of benzene rings is 2. The van der Waals surface area contributed by atoms with E-state index in [4.69, 9.17) is 14.2 Å². The van der Waals surface area contributed by atoms with Crippen molar-refractivity contribution in [2.75, 3.05) is 44.0 Å². The van der Waals surface area contributed by atoms with Crippen molar-refractivity contribution < 1.29 is 32.2 Å². The van der Waals surface area contributed by atoms with E-state index in [0.29, 0.717) is 37.0 Å². The minimum atomic E-state index is -3.84. The second-order valence-electron chi connectivity index (χ2n) is 8.04. The van der Waals surface area contributed by atoms with E-state index in [9.17, 15) is 18.0 Å². The van der Waals surface area contributed by atoms with Crippen molar-refractivity contribution in [3.05, 3.63) is 48.0 Å². The number of likely N-dealkylation sites (N-methyl/N-ethyl adjacent to an activating group) is 1. The van der Waals surface area contributed by atoms with Crippen LogP contribution >= 0.6 is 0 Å². The standard InChI is InChI=1S/C24H31N3O7S/c1-5-25-24(29)17(2)26(15-18-7-6-8-20(13-18)32-3)23(28)16-27(35(4,30)31)19-9-10-21-22(14-19)34-12-11-33-21/h6-10,13-14,17H,5,11-12,15-16H2,1-4H3,(H,25,29)/t17-/m0/s1. The van der Waals surface area contributed by atoms with Crippen LogP contribution in [-0.4, -0.2) is 70.8 Å². The van der Waals surface area contributed by atoms with Gasteiger partial charge in [0, 0.05) is 19.2 Å². The van der Waals surface area contributed by atoms with Crippen LogP contribution < -0.4 is 23.8 Å². The number of carbonyl (C=O) groups excluding carboxylic acids is 2. The molecule has 1 N–H and O–H groups in total. The summed E-state index contributed by atoms with van der Waals surface area (Å²) >= 11 is 0. The molecule has 0 bridgehead atoms. The highest BCUT2D eigenvalue weighted by atomic mass is 32.2. The molecular weight excluding hydrogens is 474 g/mol. The molecule has 11 heteroatoms. The Labute approximate surface area is 205 Å². The molecule has 0 unspecified atom stereocenters. The summed E-state index contributed by atoms with van der Waals surface area (Å²) in [5, 5.41) is 2.72. The minimum Gasteiger partial charge on any atom is -0.497 e. The van der Waals surface area contributed by atoms with Gasteiger partial charge in [0.25, 0.3) is 0 Å². The third kappa shape index (κ3) is 6.56. The molecule has 10 nitrogen and oxygen atoms in total. The second-order valence-corrected chi connectivity index (χ2v) is 9.95. The number of carbonyl (C=O) groups is 2. The van der Waals surface area contributed by atoms with Crippen molar-refractivity contribution in [3.63, 3.8) is 0 Å². The van der Waals surface area contributed by atoms with Crippen LogP contribution in [-0.2, 0) is 26.2 Å². The van der Waals surface area contributed by atoms with E-state index in [1.54, 1.807) is 44.2 Å². The number of nitrogens with zero attached hydrogens (tertiary/aromatic N) is 2. The summed E-state index contributed by atoms with van der Waals surface area (Å²) in [5.74, 6) is 0.638. The SMILES string of the molecule is CCNC(=O)[C@H](C)N(Cc1cccc(OC)c1)C(=O)CN(c1ccc2c(c1)OCCO2)S(C)(=O)=O. The van der Waals surface area contributed by atoms with Crippen molar-refractivity contribution >= 4 is 27.5 Å². The number of methoxy groups -OCH3 is 1. The Morgan fingerprint density at radius 3 is 2.49 bits per heavy atom. The third-order valence-electron chi connectivity index (χ3n) is 5.50. The van der Waals surface area contributed by atoms with Gasteiger partial charge in [-0.25, -0.2) is 8.42 Å². The number of amides is 2. The van der Waals surface area contributed by atoms with Gasteiger partial charge in [-0.2, -0.15) is 0 Å². The molecule has 3 rings (SSSR count). The lowest BCUT2D eigenvalue weighted by molar-refractivity contribution is -0.139. The fourth-order valence-corrected chi connectivity index (χ4v) is 4.51. The van der Waals surface area contributed by atoms with Gasteiger partial charge in [0.15, 0.2) is 11.5 Å². The van der Waals surface area contributed by atoms with E-state index in [2.05, 4.69) is 5.32 Å². The van der Waals surface area contributed by atoms with E-state index in [1.165, 1.54) is 18.1 Å². The molecule has 35 heavy (non-hydrogen) atoms. The van der Waals surface area contributed by atoms with Gasteiger partial charge < -0.3 is 24.4 Å². The Bertz CT molecular complexity index is 1170. The largest absolute Gasteiger partial charge is 0.497 e. The Kier molecular flexibility index (Phi) is 8.44. The molecule has 1 aliphatic rings. The van der Waals surface area contributed by atoms with Gasteiger partial charge in [-0.05, 0) is 43.7 Å². The van der Waals surface area contributed by atoms with Crippen LogP contribution in [0.1, 0.15) is 19.4 Å². The Balaban J connectivity index is 1.92. The summed E-state index contributed by atoms with van der Waals surface area (Å²) in [5.41, 5.74) is 0.996. The lowest BCUT2D eigenvalue weighted by atomic mass is 10.1. The number of nitrogens with one attached hydrogen (secondary N) is 1. The number of anilines is 1. The first-order valence-corrected chi connectivity index (χ1v) is 13.1. The van der Waals surface area contributed by atoms with Crippen molar-refractivity contribution in [1.82, 2.24) is 10.2 Å². The molecular formula is C24H31N3O7S. The van der Waals surface area contributed by atoms with Crippen LogP contribution in [0.15, 0.2) is 42.5 Å². The molecule has 0 radical (unpaired) electrons. The summed E-state index contributed by atoms with van der Waals surface area (Å²) in [4.78, 5) is 27.5. The summed E-state index contributed by atoms with van der Waals surface area (Å²) in [7, 11) is -2.31. The van der Waals surface area contributed by atoms with Crippen LogP contribution in [0.3, 0.4) is 0 Å². The topological polar surface area (TPSA) is 114 Å². The predicted octanol–water partition coefficient (Wildman–Crippen LogP) is 1.79. The molecule has 0 saturated heterocycles. The zero-order chi connectivity index (χ0) is 25.6. The molecule has 2 aromatic carbocycles. The molecule has 1 aliphatic heterocycles. The number of ether oxygens (including phenoxy) is 3. The van der Waals surface area contributed by atoms with Crippen LogP contribution in [0, 0.1) is 0 Å². The summed E-state index contributed by atoms with van der Waals surface area (Å²) in [6.07, 6.45) is 1.02. The maximum Gasteiger partial charge on any atom is 0.244 e. The first-order chi connectivity index (χ1) is 16.6. The van der Waals surface area contributed by atoms with Gasteiger partial charge in [0.05, 0.1) is 19.1 Å². The number of rotatable bonds is 10. The smallest absolute Gasteiger partial charge is 0.244 e. The fraction of sp³-hybridized carbons (Fsp3) is 0.417. The number of hydrogen-bond acceptors (Lipinski definition) is 7. The summed E-state index contributed by atoms with van der Waals surface area (Å²) < 4.78 is 42.7. The van der Waals surface area contributed by atoms with Crippen LogP contribution in [0.4, 0.5) is 5.69 Å². The molecule has 0 saturated carbocycles. The van der Waals surface area contributed by atoms with E-state index in [1.807, 2.05) is 6.07 Å². The highest BCUT2D eigenvalue weighted by Crippen LogP contribution is 2.34. The average Bonchev–Trinajstić information content (AvgIpc) is 2.84. The molecule has 0 spiro atoms. The van der Waals surface area contributed by atoms with Crippen molar-refractivity contribution in [2.45, 2.75) is 26.4 Å². The maximum absolute atomic E-state index is 13.5. The van der Waals surface area contributed by atoms with Crippen molar-refractivity contribution in [3.8, 4) is 17.2 Å². The van der Waals surface area contributed by atoms with E-state index in [-0.39, 0.29) is 18.1 Å². The maximum atomic E-state index is 13.5. The quantitative estimate of drug-likeness (QED) is 0.524. The Morgan fingerprint density at radius 1 is 1.11 bits per heavy atom. The molecule has 1 atom stereocenters. The van der Waals surface area contributed by atoms with Gasteiger partial charge >= 0.3 is 0 Å². The van der Waals surface area contributed by atoms with Gasteiger partial charge in [0.2, 0.25) is 21.8 Å².